The van der Waals surface area contributed by atoms with Crippen molar-refractivity contribution in [3.05, 3.63) is 29.8 Å². The lowest BCUT2D eigenvalue weighted by Crippen LogP contribution is -2.52. The van der Waals surface area contributed by atoms with E-state index in [1.165, 1.54) is 0 Å². The summed E-state index contributed by atoms with van der Waals surface area (Å²) in [5.74, 6) is -0.0407. The van der Waals surface area contributed by atoms with Crippen molar-refractivity contribution in [2.24, 2.45) is 0 Å². The summed E-state index contributed by atoms with van der Waals surface area (Å²) in [4.78, 5) is 14.5. The van der Waals surface area contributed by atoms with Gasteiger partial charge in [0.1, 0.15) is 0 Å². The van der Waals surface area contributed by atoms with E-state index in [-0.39, 0.29) is 24.2 Å². The molecule has 0 saturated carbocycles. The lowest BCUT2D eigenvalue weighted by Gasteiger charge is -2.38. The molecule has 1 aliphatic heterocycles. The molecule has 0 spiro atoms. The first-order chi connectivity index (χ1) is 9.99. The molecule has 0 aliphatic carbocycles. The van der Waals surface area contributed by atoms with Crippen LogP contribution in [0.15, 0.2) is 24.3 Å². The number of anilines is 1. The fraction of sp³-hybridized carbons (Fsp3) is 0.500. The highest BCUT2D eigenvalue weighted by Gasteiger charge is 2.29. The Labute approximate surface area is 125 Å². The van der Waals surface area contributed by atoms with Crippen LogP contribution < -0.4 is 5.32 Å². The van der Waals surface area contributed by atoms with E-state index in [0.29, 0.717) is 11.3 Å². The van der Waals surface area contributed by atoms with Crippen LogP contribution >= 0.6 is 0 Å². The summed E-state index contributed by atoms with van der Waals surface area (Å²) >= 11 is 0. The van der Waals surface area contributed by atoms with Crippen molar-refractivity contribution in [1.82, 2.24) is 4.90 Å². The maximum absolute atomic E-state index is 12.3. The van der Waals surface area contributed by atoms with Crippen molar-refractivity contribution in [3.8, 4) is 6.07 Å². The Kier molecular flexibility index (Phi) is 4.94. The fourth-order valence-electron chi connectivity index (χ4n) is 2.57. The van der Waals surface area contributed by atoms with Gasteiger partial charge in [0.25, 0.3) is 0 Å². The molecule has 0 radical (unpaired) electrons. The van der Waals surface area contributed by atoms with Gasteiger partial charge < -0.3 is 10.1 Å². The molecule has 112 valence electrons. The number of nitrogens with one attached hydrogen (secondary N) is 1. The van der Waals surface area contributed by atoms with E-state index in [1.54, 1.807) is 24.3 Å². The van der Waals surface area contributed by atoms with E-state index in [1.807, 2.05) is 20.8 Å². The summed E-state index contributed by atoms with van der Waals surface area (Å²) < 4.78 is 5.69. The van der Waals surface area contributed by atoms with Gasteiger partial charge in [0, 0.05) is 18.8 Å². The van der Waals surface area contributed by atoms with Crippen molar-refractivity contribution in [3.63, 3.8) is 0 Å². The van der Waals surface area contributed by atoms with Crippen LogP contribution in [-0.4, -0.2) is 42.1 Å². The SMILES string of the molecule is C[C@H]1CN([C@@H](C)C(=O)Nc2ccc(C#N)cc2)C[C@H](C)O1. The van der Waals surface area contributed by atoms with E-state index < -0.39 is 0 Å². The van der Waals surface area contributed by atoms with Crippen LogP contribution in [0.1, 0.15) is 26.3 Å². The maximum atomic E-state index is 12.3. The Morgan fingerprint density at radius 2 is 1.90 bits per heavy atom. The van der Waals surface area contributed by atoms with Gasteiger partial charge in [-0.15, -0.1) is 0 Å². The largest absolute Gasteiger partial charge is 0.373 e. The molecule has 1 aromatic rings. The number of ether oxygens (including phenoxy) is 1. The molecular formula is C16H21N3O2. The molecule has 21 heavy (non-hydrogen) atoms. The van der Waals surface area contributed by atoms with Crippen LogP contribution in [0.25, 0.3) is 0 Å². The molecule has 1 saturated heterocycles. The molecule has 0 aromatic heterocycles. The van der Waals surface area contributed by atoms with Crippen molar-refractivity contribution in [2.45, 2.75) is 39.0 Å². The molecule has 0 unspecified atom stereocenters. The second kappa shape index (κ2) is 6.70. The molecule has 5 heteroatoms. The van der Waals surface area contributed by atoms with Crippen LogP contribution in [-0.2, 0) is 9.53 Å². The maximum Gasteiger partial charge on any atom is 0.241 e. The average Bonchev–Trinajstić information content (AvgIpc) is 2.46. The summed E-state index contributed by atoms with van der Waals surface area (Å²) in [7, 11) is 0. The highest BCUT2D eigenvalue weighted by atomic mass is 16.5. The van der Waals surface area contributed by atoms with Crippen molar-refractivity contribution in [2.75, 3.05) is 18.4 Å². The number of hydrogen-bond donors (Lipinski definition) is 1. The second-order valence-electron chi connectivity index (χ2n) is 5.57. The van der Waals surface area contributed by atoms with E-state index in [4.69, 9.17) is 10.00 Å². The standard InChI is InChI=1S/C16H21N3O2/c1-11-9-19(10-12(2)21-11)13(3)16(20)18-15-6-4-14(8-17)5-7-15/h4-7,11-13H,9-10H2,1-3H3,(H,18,20)/t11-,12-,13-/m0/s1. The van der Waals surface area contributed by atoms with E-state index in [2.05, 4.69) is 16.3 Å². The summed E-state index contributed by atoms with van der Waals surface area (Å²) in [6.45, 7) is 7.46. The third kappa shape index (κ3) is 4.03. The van der Waals surface area contributed by atoms with Crippen LogP contribution in [0.4, 0.5) is 5.69 Å². The number of hydrogen-bond acceptors (Lipinski definition) is 4. The topological polar surface area (TPSA) is 65.4 Å². The van der Waals surface area contributed by atoms with Gasteiger partial charge >= 0.3 is 0 Å². The molecule has 1 fully saturated rings. The van der Waals surface area contributed by atoms with Gasteiger partial charge in [-0.05, 0) is 45.0 Å². The Bertz CT molecular complexity index is 525. The molecule has 1 aromatic carbocycles. The Morgan fingerprint density at radius 3 is 2.43 bits per heavy atom. The zero-order valence-electron chi connectivity index (χ0n) is 12.7. The lowest BCUT2D eigenvalue weighted by atomic mass is 10.1. The molecule has 1 heterocycles. The smallest absolute Gasteiger partial charge is 0.241 e. The monoisotopic (exact) mass is 287 g/mol. The number of carbonyl (C=O) groups is 1. The van der Waals surface area contributed by atoms with Gasteiger partial charge in [0.15, 0.2) is 0 Å². The van der Waals surface area contributed by atoms with Gasteiger partial charge in [-0.2, -0.15) is 5.26 Å². The van der Waals surface area contributed by atoms with Crippen molar-refractivity contribution < 1.29 is 9.53 Å². The van der Waals surface area contributed by atoms with E-state index >= 15 is 0 Å². The third-order valence-electron chi connectivity index (χ3n) is 3.66. The third-order valence-corrected chi connectivity index (χ3v) is 3.66. The number of nitrogens with zero attached hydrogens (tertiary/aromatic N) is 2. The average molecular weight is 287 g/mol. The molecular weight excluding hydrogens is 266 g/mol. The van der Waals surface area contributed by atoms with Crippen molar-refractivity contribution in [1.29, 1.82) is 5.26 Å². The number of benzene rings is 1. The van der Waals surface area contributed by atoms with Gasteiger partial charge in [-0.25, -0.2) is 0 Å². The van der Waals surface area contributed by atoms with Gasteiger partial charge in [0.2, 0.25) is 5.91 Å². The predicted molar refractivity (Wildman–Crippen MR) is 80.8 cm³/mol. The normalized spacial score (nSPS) is 24.1. The Morgan fingerprint density at radius 1 is 1.33 bits per heavy atom. The quantitative estimate of drug-likeness (QED) is 0.923. The van der Waals surface area contributed by atoms with Crippen LogP contribution in [0, 0.1) is 11.3 Å². The minimum Gasteiger partial charge on any atom is -0.373 e. The first kappa shape index (κ1) is 15.5. The number of rotatable bonds is 3. The van der Waals surface area contributed by atoms with E-state index in [0.717, 1.165) is 13.1 Å². The highest BCUT2D eigenvalue weighted by molar-refractivity contribution is 5.94. The molecule has 2 rings (SSSR count). The second-order valence-corrected chi connectivity index (χ2v) is 5.57. The summed E-state index contributed by atoms with van der Waals surface area (Å²) in [6.07, 6.45) is 0.276. The molecule has 1 amide bonds. The number of morpholine rings is 1. The number of carbonyl (C=O) groups excluding carboxylic acids is 1. The van der Waals surface area contributed by atoms with Crippen molar-refractivity contribution >= 4 is 11.6 Å². The molecule has 1 aliphatic rings. The van der Waals surface area contributed by atoms with Crippen LogP contribution in [0.2, 0.25) is 0 Å². The zero-order chi connectivity index (χ0) is 15.4. The molecule has 3 atom stereocenters. The number of nitriles is 1. The summed E-state index contributed by atoms with van der Waals surface area (Å²) in [6, 6.07) is 8.72. The van der Waals surface area contributed by atoms with Gasteiger partial charge in [-0.1, -0.05) is 0 Å². The van der Waals surface area contributed by atoms with Crippen LogP contribution in [0.5, 0.6) is 0 Å². The first-order valence-electron chi connectivity index (χ1n) is 7.20. The Balaban J connectivity index is 1.97. The summed E-state index contributed by atoms with van der Waals surface area (Å²) in [5, 5.41) is 11.7. The molecule has 1 N–H and O–H groups in total. The van der Waals surface area contributed by atoms with Crippen LogP contribution in [0.3, 0.4) is 0 Å². The predicted octanol–water partition coefficient (Wildman–Crippen LogP) is 1.99. The zero-order valence-corrected chi connectivity index (χ0v) is 12.7. The number of amides is 1. The lowest BCUT2D eigenvalue weighted by molar-refractivity contribution is -0.126. The van der Waals surface area contributed by atoms with E-state index in [9.17, 15) is 4.79 Å². The minimum atomic E-state index is -0.213. The molecule has 0 bridgehead atoms. The minimum absolute atomic E-state index is 0.0407. The summed E-state index contributed by atoms with van der Waals surface area (Å²) in [5.41, 5.74) is 1.29. The highest BCUT2D eigenvalue weighted by Crippen LogP contribution is 2.15. The Hall–Kier alpha value is -1.90. The fourth-order valence-corrected chi connectivity index (χ4v) is 2.57. The van der Waals surface area contributed by atoms with Gasteiger partial charge in [-0.3, -0.25) is 9.69 Å². The first-order valence-corrected chi connectivity index (χ1v) is 7.20. The van der Waals surface area contributed by atoms with Gasteiger partial charge in [0.05, 0.1) is 29.9 Å². The molecule has 5 nitrogen and oxygen atoms in total.